The fourth-order valence-corrected chi connectivity index (χ4v) is 4.53. The van der Waals surface area contributed by atoms with E-state index in [0.717, 1.165) is 22.3 Å². The van der Waals surface area contributed by atoms with Gasteiger partial charge in [0.25, 0.3) is 5.91 Å². The third-order valence-electron chi connectivity index (χ3n) is 6.49. The van der Waals surface area contributed by atoms with Gasteiger partial charge < -0.3 is 20.5 Å². The first-order valence-electron chi connectivity index (χ1n) is 11.7. The number of nitrogen functional groups attached to an aromatic ring is 1. The van der Waals surface area contributed by atoms with Gasteiger partial charge in [0, 0.05) is 36.5 Å². The predicted molar refractivity (Wildman–Crippen MR) is 141 cm³/mol. The first kappa shape index (κ1) is 25.6. The van der Waals surface area contributed by atoms with Crippen LogP contribution in [0.25, 0.3) is 22.2 Å². The van der Waals surface area contributed by atoms with Crippen LogP contribution in [0.4, 0.5) is 5.82 Å². The number of carbonyl (C=O) groups is 1. The molecule has 0 spiro atoms. The largest absolute Gasteiger partial charge is 0.496 e. The number of likely N-dealkylation sites (N-methyl/N-ethyl adjacent to an activating group) is 1. The number of fused-ring (bicyclic) bond motifs is 1. The van der Waals surface area contributed by atoms with Gasteiger partial charge in [0.2, 0.25) is 0 Å². The summed E-state index contributed by atoms with van der Waals surface area (Å²) < 4.78 is 7.75. The van der Waals surface area contributed by atoms with Gasteiger partial charge in [-0.1, -0.05) is 5.92 Å². The molecule has 4 aromatic rings. The number of rotatable bonds is 7. The highest BCUT2D eigenvalue weighted by Gasteiger charge is 2.25. The maximum Gasteiger partial charge on any atom is 0.272 e. The summed E-state index contributed by atoms with van der Waals surface area (Å²) in [7, 11) is 3.21. The Morgan fingerprint density at radius 3 is 2.73 bits per heavy atom. The molecule has 4 rings (SSSR count). The molecule has 10 heteroatoms. The first-order valence-corrected chi connectivity index (χ1v) is 11.7. The molecule has 1 amide bonds. The van der Waals surface area contributed by atoms with Crippen molar-refractivity contribution in [3.05, 3.63) is 58.8 Å². The minimum atomic E-state index is -0.328. The highest BCUT2D eigenvalue weighted by Crippen LogP contribution is 2.42. The van der Waals surface area contributed by atoms with Crippen LogP contribution in [0, 0.1) is 26.2 Å². The minimum absolute atomic E-state index is 0.140. The van der Waals surface area contributed by atoms with E-state index in [1.807, 2.05) is 32.9 Å². The van der Waals surface area contributed by atoms with E-state index < -0.39 is 0 Å². The Kier molecular flexibility index (Phi) is 7.09. The quantitative estimate of drug-likeness (QED) is 0.371. The second kappa shape index (κ2) is 10.2. The van der Waals surface area contributed by atoms with E-state index in [9.17, 15) is 9.90 Å². The Morgan fingerprint density at radius 2 is 2.05 bits per heavy atom. The summed E-state index contributed by atoms with van der Waals surface area (Å²) in [6.07, 6.45) is 8.90. The third kappa shape index (κ3) is 4.45. The second-order valence-corrected chi connectivity index (χ2v) is 8.73. The topological polar surface area (TPSA) is 132 Å². The van der Waals surface area contributed by atoms with E-state index in [1.165, 1.54) is 11.2 Å². The lowest BCUT2D eigenvalue weighted by molar-refractivity contribution is 0.0761. The summed E-state index contributed by atoms with van der Waals surface area (Å²) >= 11 is 0. The van der Waals surface area contributed by atoms with Gasteiger partial charge in [-0.05, 0) is 50.1 Å². The maximum atomic E-state index is 12.8. The standard InChI is InChI=1S/C27H29N7O3/c1-7-18-12-20(17(4)34-26-23(16(3)32-34)25(28)30-14-31-26)24(37-6)22(15(18)2)19-8-9-29-21(13-19)27(36)33(5)10-11-35/h1,8-9,12-14,17,35H,10-11H2,2-6H3,(H2,28,30,31). The molecule has 1 atom stereocenters. The monoisotopic (exact) mass is 499 g/mol. The summed E-state index contributed by atoms with van der Waals surface area (Å²) in [6, 6.07) is 5.10. The van der Waals surface area contributed by atoms with E-state index >= 15 is 0 Å². The lowest BCUT2D eigenvalue weighted by atomic mass is 9.90. The normalized spacial score (nSPS) is 11.8. The molecule has 3 heterocycles. The first-order chi connectivity index (χ1) is 17.7. The number of amides is 1. The molecule has 0 bridgehead atoms. The van der Waals surface area contributed by atoms with Crippen LogP contribution in [-0.4, -0.2) is 68.0 Å². The summed E-state index contributed by atoms with van der Waals surface area (Å²) in [4.78, 5) is 27.0. The number of benzene rings is 1. The van der Waals surface area contributed by atoms with Crippen LogP contribution in [0.2, 0.25) is 0 Å². The minimum Gasteiger partial charge on any atom is -0.496 e. The lowest BCUT2D eigenvalue weighted by Gasteiger charge is -2.23. The number of terminal acetylenes is 1. The Balaban J connectivity index is 1.92. The molecule has 0 saturated heterocycles. The van der Waals surface area contributed by atoms with Crippen LogP contribution >= 0.6 is 0 Å². The van der Waals surface area contributed by atoms with Gasteiger partial charge in [0.15, 0.2) is 5.65 Å². The van der Waals surface area contributed by atoms with Gasteiger partial charge in [-0.3, -0.25) is 9.78 Å². The maximum absolute atomic E-state index is 12.8. The van der Waals surface area contributed by atoms with Gasteiger partial charge in [-0.15, -0.1) is 6.42 Å². The number of aryl methyl sites for hydroxylation is 1. The van der Waals surface area contributed by atoms with E-state index in [1.54, 1.807) is 31.1 Å². The van der Waals surface area contributed by atoms with Crippen LogP contribution in [0.15, 0.2) is 30.7 Å². The average molecular weight is 500 g/mol. The van der Waals surface area contributed by atoms with E-state index in [2.05, 4.69) is 20.9 Å². The summed E-state index contributed by atoms with van der Waals surface area (Å²) in [5.74, 6) is 3.44. The van der Waals surface area contributed by atoms with Crippen LogP contribution in [0.5, 0.6) is 5.75 Å². The van der Waals surface area contributed by atoms with Crippen molar-refractivity contribution >= 4 is 22.8 Å². The van der Waals surface area contributed by atoms with Crippen LogP contribution in [0.1, 0.15) is 45.8 Å². The molecule has 0 aliphatic rings. The van der Waals surface area contributed by atoms with E-state index in [0.29, 0.717) is 33.9 Å². The van der Waals surface area contributed by atoms with Crippen LogP contribution in [0.3, 0.4) is 0 Å². The molecule has 37 heavy (non-hydrogen) atoms. The van der Waals surface area contributed by atoms with Crippen molar-refractivity contribution in [1.29, 1.82) is 0 Å². The molecular formula is C27H29N7O3. The molecular weight excluding hydrogens is 470 g/mol. The van der Waals surface area contributed by atoms with Gasteiger partial charge in [0.1, 0.15) is 23.6 Å². The molecule has 0 saturated carbocycles. The number of anilines is 1. The number of ether oxygens (including phenoxy) is 1. The molecule has 3 aromatic heterocycles. The molecule has 0 aliphatic heterocycles. The van der Waals surface area contributed by atoms with E-state index in [4.69, 9.17) is 22.0 Å². The van der Waals surface area contributed by atoms with Crippen molar-refractivity contribution in [3.8, 4) is 29.2 Å². The molecule has 0 fully saturated rings. The fraction of sp³-hybridized carbons (Fsp3) is 0.296. The molecule has 0 aliphatic carbocycles. The highest BCUT2D eigenvalue weighted by molar-refractivity contribution is 5.94. The fourth-order valence-electron chi connectivity index (χ4n) is 4.53. The predicted octanol–water partition coefficient (Wildman–Crippen LogP) is 2.75. The average Bonchev–Trinajstić information content (AvgIpc) is 3.25. The van der Waals surface area contributed by atoms with Gasteiger partial charge in [-0.25, -0.2) is 14.6 Å². The Bertz CT molecular complexity index is 1540. The second-order valence-electron chi connectivity index (χ2n) is 8.73. The number of hydrogen-bond donors (Lipinski definition) is 2. The van der Waals surface area contributed by atoms with Gasteiger partial charge in [0.05, 0.1) is 30.8 Å². The number of pyridine rings is 1. The Hall–Kier alpha value is -4.49. The van der Waals surface area contributed by atoms with E-state index in [-0.39, 0.29) is 30.8 Å². The van der Waals surface area contributed by atoms with Crippen LogP contribution < -0.4 is 10.5 Å². The number of methoxy groups -OCH3 is 1. The number of hydrogen-bond acceptors (Lipinski definition) is 8. The van der Waals surface area contributed by atoms with Crippen molar-refractivity contribution in [2.75, 3.05) is 33.0 Å². The van der Waals surface area contributed by atoms with Crippen LogP contribution in [-0.2, 0) is 0 Å². The lowest BCUT2D eigenvalue weighted by Crippen LogP contribution is -2.30. The van der Waals surface area contributed by atoms with Crippen molar-refractivity contribution in [3.63, 3.8) is 0 Å². The number of nitrogens with zero attached hydrogens (tertiary/aromatic N) is 6. The number of aromatic nitrogens is 5. The number of carbonyl (C=O) groups excluding carboxylic acids is 1. The summed E-state index contributed by atoms with van der Waals surface area (Å²) in [5, 5.41) is 14.6. The zero-order valence-corrected chi connectivity index (χ0v) is 21.5. The van der Waals surface area contributed by atoms with Gasteiger partial charge >= 0.3 is 0 Å². The number of aliphatic hydroxyl groups is 1. The molecule has 1 unspecified atom stereocenters. The molecule has 0 radical (unpaired) electrons. The molecule has 3 N–H and O–H groups in total. The van der Waals surface area contributed by atoms with Gasteiger partial charge in [-0.2, -0.15) is 5.10 Å². The summed E-state index contributed by atoms with van der Waals surface area (Å²) in [5.41, 5.74) is 11.5. The SMILES string of the molecule is C#Cc1cc(C(C)n2nc(C)c3c(N)ncnc32)c(OC)c(-c2ccnc(C(=O)N(C)CCO)c2)c1C. The molecule has 1 aromatic carbocycles. The summed E-state index contributed by atoms with van der Waals surface area (Å²) in [6.45, 7) is 5.82. The smallest absolute Gasteiger partial charge is 0.272 e. The zero-order valence-electron chi connectivity index (χ0n) is 21.5. The van der Waals surface area contributed by atoms with Crippen molar-refractivity contribution in [2.45, 2.75) is 26.8 Å². The van der Waals surface area contributed by atoms with Crippen molar-refractivity contribution in [1.82, 2.24) is 29.6 Å². The molecule has 10 nitrogen and oxygen atoms in total. The molecule has 190 valence electrons. The van der Waals surface area contributed by atoms with Crippen molar-refractivity contribution < 1.29 is 14.6 Å². The Morgan fingerprint density at radius 1 is 1.30 bits per heavy atom. The third-order valence-corrected chi connectivity index (χ3v) is 6.49. The number of aliphatic hydroxyl groups excluding tert-OH is 1. The zero-order chi connectivity index (χ0) is 26.9. The number of nitrogens with two attached hydrogens (primary N) is 1. The Labute approximate surface area is 215 Å². The highest BCUT2D eigenvalue weighted by atomic mass is 16.5. The van der Waals surface area contributed by atoms with Crippen molar-refractivity contribution in [2.24, 2.45) is 0 Å².